The molecular weight excluding hydrogens is 198 g/mol. The Morgan fingerprint density at radius 2 is 2.00 bits per heavy atom. The molecule has 2 nitrogen and oxygen atoms in total. The van der Waals surface area contributed by atoms with Crippen molar-refractivity contribution in [3.05, 3.63) is 0 Å². The van der Waals surface area contributed by atoms with Crippen molar-refractivity contribution >= 4 is 17.5 Å². The lowest BCUT2D eigenvalue weighted by atomic mass is 9.97. The van der Waals surface area contributed by atoms with Gasteiger partial charge in [0.2, 0.25) is 5.91 Å². The maximum atomic E-state index is 11.6. The first-order valence-electron chi connectivity index (χ1n) is 5.44. The topological polar surface area (TPSA) is 29.1 Å². The molecule has 1 amide bonds. The van der Waals surface area contributed by atoms with E-state index >= 15 is 0 Å². The van der Waals surface area contributed by atoms with Crippen LogP contribution >= 0.6 is 11.6 Å². The summed E-state index contributed by atoms with van der Waals surface area (Å²) in [5, 5.41) is 3.05. The van der Waals surface area contributed by atoms with Crippen molar-refractivity contribution in [2.75, 3.05) is 6.54 Å². The number of rotatable bonds is 5. The van der Waals surface area contributed by atoms with Crippen molar-refractivity contribution in [2.45, 2.75) is 39.0 Å². The Kier molecular flexibility index (Phi) is 4.24. The zero-order chi connectivity index (χ0) is 10.7. The molecule has 0 bridgehead atoms. The normalized spacial score (nSPS) is 20.6. The molecular formula is C11H20ClNO. The summed E-state index contributed by atoms with van der Waals surface area (Å²) in [5.74, 6) is 1.25. The maximum Gasteiger partial charge on any atom is 0.223 e. The summed E-state index contributed by atoms with van der Waals surface area (Å²) < 4.78 is 0. The second-order valence-electron chi connectivity index (χ2n) is 4.63. The van der Waals surface area contributed by atoms with E-state index in [9.17, 15) is 4.79 Å². The molecule has 0 aromatic heterocycles. The van der Waals surface area contributed by atoms with Crippen molar-refractivity contribution < 1.29 is 4.79 Å². The number of amides is 1. The monoisotopic (exact) mass is 217 g/mol. The van der Waals surface area contributed by atoms with E-state index in [1.54, 1.807) is 0 Å². The van der Waals surface area contributed by atoms with Gasteiger partial charge in [-0.15, -0.1) is 11.6 Å². The fourth-order valence-corrected chi connectivity index (χ4v) is 1.62. The van der Waals surface area contributed by atoms with E-state index < -0.39 is 0 Å². The standard InChI is InChI=1S/C11H20ClNO/c1-7(2)8(3)11(14)13-6-10(12)9-4-5-9/h7-10H,4-6H2,1-3H3,(H,13,14). The Morgan fingerprint density at radius 1 is 1.43 bits per heavy atom. The first-order valence-corrected chi connectivity index (χ1v) is 5.87. The predicted molar refractivity (Wildman–Crippen MR) is 59.4 cm³/mol. The number of halogens is 1. The summed E-state index contributed by atoms with van der Waals surface area (Å²) in [6.07, 6.45) is 2.45. The van der Waals surface area contributed by atoms with Crippen LogP contribution in [0.3, 0.4) is 0 Å². The molecule has 0 saturated heterocycles. The molecule has 3 heteroatoms. The number of hydrogen-bond acceptors (Lipinski definition) is 1. The molecule has 2 unspecified atom stereocenters. The Hall–Kier alpha value is -0.240. The van der Waals surface area contributed by atoms with E-state index in [0.29, 0.717) is 18.4 Å². The molecule has 0 aromatic carbocycles. The van der Waals surface area contributed by atoms with Gasteiger partial charge in [0, 0.05) is 12.5 Å². The minimum atomic E-state index is 0.0815. The molecule has 14 heavy (non-hydrogen) atoms. The fraction of sp³-hybridized carbons (Fsp3) is 0.909. The van der Waals surface area contributed by atoms with Crippen molar-refractivity contribution in [3.8, 4) is 0 Å². The van der Waals surface area contributed by atoms with Gasteiger partial charge in [0.15, 0.2) is 0 Å². The summed E-state index contributed by atoms with van der Waals surface area (Å²) in [5.41, 5.74) is 0. The van der Waals surface area contributed by atoms with E-state index in [0.717, 1.165) is 0 Å². The van der Waals surface area contributed by atoms with Crippen LogP contribution in [0.1, 0.15) is 33.6 Å². The predicted octanol–water partition coefficient (Wildman–Crippen LogP) is 2.41. The number of alkyl halides is 1. The summed E-state index contributed by atoms with van der Waals surface area (Å²) >= 11 is 6.09. The van der Waals surface area contributed by atoms with Crippen LogP contribution in [0.25, 0.3) is 0 Å². The van der Waals surface area contributed by atoms with Gasteiger partial charge in [0.1, 0.15) is 0 Å². The number of hydrogen-bond donors (Lipinski definition) is 1. The largest absolute Gasteiger partial charge is 0.354 e. The quantitative estimate of drug-likeness (QED) is 0.705. The molecule has 1 aliphatic rings. The van der Waals surface area contributed by atoms with Crippen LogP contribution in [0.5, 0.6) is 0 Å². The average molecular weight is 218 g/mol. The van der Waals surface area contributed by atoms with Crippen molar-refractivity contribution in [1.82, 2.24) is 5.32 Å². The lowest BCUT2D eigenvalue weighted by molar-refractivity contribution is -0.125. The van der Waals surface area contributed by atoms with E-state index in [-0.39, 0.29) is 17.2 Å². The third-order valence-corrected chi connectivity index (χ3v) is 3.53. The minimum Gasteiger partial charge on any atom is -0.354 e. The smallest absolute Gasteiger partial charge is 0.223 e. The molecule has 1 saturated carbocycles. The highest BCUT2D eigenvalue weighted by Crippen LogP contribution is 2.35. The van der Waals surface area contributed by atoms with Crippen LogP contribution in [-0.4, -0.2) is 17.8 Å². The highest BCUT2D eigenvalue weighted by molar-refractivity contribution is 6.21. The summed E-state index contributed by atoms with van der Waals surface area (Å²) in [7, 11) is 0. The Bertz CT molecular complexity index is 201. The van der Waals surface area contributed by atoms with Crippen LogP contribution in [0.15, 0.2) is 0 Å². The molecule has 1 rings (SSSR count). The number of carbonyl (C=O) groups is 1. The lowest BCUT2D eigenvalue weighted by Gasteiger charge is -2.16. The van der Waals surface area contributed by atoms with E-state index in [2.05, 4.69) is 19.2 Å². The summed E-state index contributed by atoms with van der Waals surface area (Å²) in [6, 6.07) is 0. The third-order valence-electron chi connectivity index (χ3n) is 3.02. The molecule has 82 valence electrons. The van der Waals surface area contributed by atoms with Gasteiger partial charge in [-0.1, -0.05) is 20.8 Å². The zero-order valence-corrected chi connectivity index (χ0v) is 9.97. The first-order chi connectivity index (χ1) is 6.52. The van der Waals surface area contributed by atoms with Gasteiger partial charge in [-0.25, -0.2) is 0 Å². The van der Waals surface area contributed by atoms with Crippen molar-refractivity contribution in [1.29, 1.82) is 0 Å². The van der Waals surface area contributed by atoms with Gasteiger partial charge in [-0.2, -0.15) is 0 Å². The first kappa shape index (κ1) is 11.8. The second-order valence-corrected chi connectivity index (χ2v) is 5.19. The van der Waals surface area contributed by atoms with Crippen LogP contribution in [0.4, 0.5) is 0 Å². The molecule has 0 heterocycles. The molecule has 1 aliphatic carbocycles. The van der Waals surface area contributed by atoms with E-state index in [4.69, 9.17) is 11.6 Å². The van der Waals surface area contributed by atoms with Crippen LogP contribution in [-0.2, 0) is 4.79 Å². The van der Waals surface area contributed by atoms with Gasteiger partial charge in [-0.3, -0.25) is 4.79 Å². The van der Waals surface area contributed by atoms with Crippen LogP contribution in [0.2, 0.25) is 0 Å². The lowest BCUT2D eigenvalue weighted by Crippen LogP contribution is -2.36. The molecule has 0 aromatic rings. The Morgan fingerprint density at radius 3 is 2.43 bits per heavy atom. The van der Waals surface area contributed by atoms with E-state index in [1.165, 1.54) is 12.8 Å². The van der Waals surface area contributed by atoms with Crippen LogP contribution in [0, 0.1) is 17.8 Å². The molecule has 1 N–H and O–H groups in total. The number of carbonyl (C=O) groups excluding carboxylic acids is 1. The van der Waals surface area contributed by atoms with Crippen molar-refractivity contribution in [3.63, 3.8) is 0 Å². The Balaban J connectivity index is 2.19. The van der Waals surface area contributed by atoms with Gasteiger partial charge in [0.05, 0.1) is 5.38 Å². The van der Waals surface area contributed by atoms with Gasteiger partial charge >= 0.3 is 0 Å². The SMILES string of the molecule is CC(C)C(C)C(=O)NCC(Cl)C1CC1. The fourth-order valence-electron chi connectivity index (χ4n) is 1.29. The van der Waals surface area contributed by atoms with Gasteiger partial charge < -0.3 is 5.32 Å². The molecule has 2 atom stereocenters. The summed E-state index contributed by atoms with van der Waals surface area (Å²) in [6.45, 7) is 6.70. The molecule has 0 aliphatic heterocycles. The average Bonchev–Trinajstić information content (AvgIpc) is 2.95. The second kappa shape index (κ2) is 5.01. The zero-order valence-electron chi connectivity index (χ0n) is 9.22. The Labute approximate surface area is 91.4 Å². The number of nitrogens with one attached hydrogen (secondary N) is 1. The highest BCUT2D eigenvalue weighted by atomic mass is 35.5. The van der Waals surface area contributed by atoms with E-state index in [1.807, 2.05) is 6.92 Å². The molecule has 0 spiro atoms. The minimum absolute atomic E-state index is 0.0815. The van der Waals surface area contributed by atoms with Crippen molar-refractivity contribution in [2.24, 2.45) is 17.8 Å². The highest BCUT2D eigenvalue weighted by Gasteiger charge is 2.30. The maximum absolute atomic E-state index is 11.6. The summed E-state index contributed by atoms with van der Waals surface area (Å²) in [4.78, 5) is 11.6. The molecule has 0 radical (unpaired) electrons. The van der Waals surface area contributed by atoms with Gasteiger partial charge in [-0.05, 0) is 24.7 Å². The molecule has 1 fully saturated rings. The van der Waals surface area contributed by atoms with Gasteiger partial charge in [0.25, 0.3) is 0 Å². The third kappa shape index (κ3) is 3.49. The van der Waals surface area contributed by atoms with Crippen LogP contribution < -0.4 is 5.32 Å².